The third-order valence-corrected chi connectivity index (χ3v) is 6.81. The van der Waals surface area contributed by atoms with Crippen LogP contribution < -0.4 is 14.2 Å². The first-order valence-corrected chi connectivity index (χ1v) is 11.1. The summed E-state index contributed by atoms with van der Waals surface area (Å²) in [6, 6.07) is 20.8. The number of hydrogen-bond donors (Lipinski definition) is 1. The van der Waals surface area contributed by atoms with Crippen LogP contribution in [-0.4, -0.2) is 30.3 Å². The lowest BCUT2D eigenvalue weighted by atomic mass is 9.91. The van der Waals surface area contributed by atoms with E-state index in [2.05, 4.69) is 52.3 Å². The monoisotopic (exact) mass is 446 g/mol. The third-order valence-electron chi connectivity index (χ3n) is 6.46. The van der Waals surface area contributed by atoms with Gasteiger partial charge in [-0.3, -0.25) is 4.90 Å². The lowest BCUT2D eigenvalue weighted by Gasteiger charge is -2.36. The van der Waals surface area contributed by atoms with Gasteiger partial charge in [-0.05, 0) is 47.4 Å². The van der Waals surface area contributed by atoms with Crippen LogP contribution in [-0.2, 0) is 13.0 Å². The number of benzene rings is 3. The smallest absolute Gasteiger partial charge is 0.231 e. The molecule has 4 aromatic rings. The first-order valence-electron chi connectivity index (χ1n) is 10.8. The van der Waals surface area contributed by atoms with Gasteiger partial charge in [0.15, 0.2) is 11.5 Å². The summed E-state index contributed by atoms with van der Waals surface area (Å²) in [7, 11) is 1.71. The average Bonchev–Trinajstić information content (AvgIpc) is 3.43. The van der Waals surface area contributed by atoms with E-state index in [4.69, 9.17) is 25.8 Å². The molecule has 0 amide bonds. The Hall–Kier alpha value is -3.15. The summed E-state index contributed by atoms with van der Waals surface area (Å²) < 4.78 is 16.6. The number of ether oxygens (including phenoxy) is 3. The number of H-pyrrole nitrogens is 1. The molecule has 5 nitrogen and oxygen atoms in total. The SMILES string of the molecule is COc1cccc(C2c3[nH]c4ccccc4c3CCN2Cc2cc3c(cc2Cl)OCO3)c1. The second-order valence-corrected chi connectivity index (χ2v) is 8.67. The zero-order valence-corrected chi connectivity index (χ0v) is 18.5. The summed E-state index contributed by atoms with van der Waals surface area (Å²) >= 11 is 6.64. The number of hydrogen-bond acceptors (Lipinski definition) is 4. The van der Waals surface area contributed by atoms with E-state index >= 15 is 0 Å². The molecule has 6 heteroatoms. The third kappa shape index (κ3) is 3.20. The maximum absolute atomic E-state index is 6.64. The van der Waals surface area contributed by atoms with Crippen molar-refractivity contribution in [1.82, 2.24) is 9.88 Å². The highest BCUT2D eigenvalue weighted by atomic mass is 35.5. The molecule has 162 valence electrons. The molecule has 1 N–H and O–H groups in total. The molecule has 1 unspecified atom stereocenters. The van der Waals surface area contributed by atoms with Crippen LogP contribution in [0.2, 0.25) is 5.02 Å². The van der Waals surface area contributed by atoms with Crippen molar-refractivity contribution in [2.24, 2.45) is 0 Å². The van der Waals surface area contributed by atoms with Gasteiger partial charge >= 0.3 is 0 Å². The number of nitrogens with one attached hydrogen (secondary N) is 1. The topological polar surface area (TPSA) is 46.7 Å². The number of aromatic amines is 1. The fourth-order valence-corrected chi connectivity index (χ4v) is 5.16. The van der Waals surface area contributed by atoms with Gasteiger partial charge in [-0.15, -0.1) is 0 Å². The highest BCUT2D eigenvalue weighted by Gasteiger charge is 2.32. The normalized spacial score (nSPS) is 17.5. The van der Waals surface area contributed by atoms with E-state index in [1.807, 2.05) is 18.2 Å². The molecule has 0 spiro atoms. The Bertz CT molecular complexity index is 1320. The predicted molar refractivity (Wildman–Crippen MR) is 125 cm³/mol. The largest absolute Gasteiger partial charge is 0.497 e. The standard InChI is InChI=1S/C26H23ClN2O3/c1-30-18-6-4-5-16(11-18)26-25-20(19-7-2-3-8-22(19)28-25)9-10-29(26)14-17-12-23-24(13-21(17)27)32-15-31-23/h2-8,11-13,26,28H,9-10,14-15H2,1H3. The van der Waals surface area contributed by atoms with Crippen LogP contribution in [0.1, 0.15) is 28.4 Å². The van der Waals surface area contributed by atoms with Gasteiger partial charge in [0, 0.05) is 40.8 Å². The van der Waals surface area contributed by atoms with E-state index in [9.17, 15) is 0 Å². The number of methoxy groups -OCH3 is 1. The molecular weight excluding hydrogens is 424 g/mol. The Morgan fingerprint density at radius 3 is 2.78 bits per heavy atom. The maximum atomic E-state index is 6.64. The van der Waals surface area contributed by atoms with Gasteiger partial charge in [-0.2, -0.15) is 0 Å². The molecule has 3 aromatic carbocycles. The lowest BCUT2D eigenvalue weighted by molar-refractivity contribution is 0.173. The van der Waals surface area contributed by atoms with Crippen molar-refractivity contribution in [2.75, 3.05) is 20.4 Å². The lowest BCUT2D eigenvalue weighted by Crippen LogP contribution is -2.35. The summed E-state index contributed by atoms with van der Waals surface area (Å²) in [6.45, 7) is 1.86. The van der Waals surface area contributed by atoms with Crippen molar-refractivity contribution in [2.45, 2.75) is 19.0 Å². The highest BCUT2D eigenvalue weighted by Crippen LogP contribution is 2.42. The van der Waals surface area contributed by atoms with E-state index in [1.54, 1.807) is 7.11 Å². The molecule has 0 saturated carbocycles. The van der Waals surface area contributed by atoms with Crippen molar-refractivity contribution >= 4 is 22.5 Å². The molecule has 3 heterocycles. The van der Waals surface area contributed by atoms with Crippen LogP contribution in [0, 0.1) is 0 Å². The van der Waals surface area contributed by atoms with E-state index in [-0.39, 0.29) is 12.8 Å². The molecule has 32 heavy (non-hydrogen) atoms. The number of para-hydroxylation sites is 1. The van der Waals surface area contributed by atoms with Crippen LogP contribution >= 0.6 is 11.6 Å². The van der Waals surface area contributed by atoms with Crippen LogP contribution in [0.5, 0.6) is 17.2 Å². The first-order chi connectivity index (χ1) is 15.7. The average molecular weight is 447 g/mol. The van der Waals surface area contributed by atoms with Gasteiger partial charge in [0.05, 0.1) is 13.2 Å². The quantitative estimate of drug-likeness (QED) is 0.436. The van der Waals surface area contributed by atoms with Gasteiger partial charge in [0.2, 0.25) is 6.79 Å². The van der Waals surface area contributed by atoms with E-state index < -0.39 is 0 Å². The van der Waals surface area contributed by atoms with Gasteiger partial charge in [0.25, 0.3) is 0 Å². The Labute approximate surface area is 191 Å². The molecule has 0 bridgehead atoms. The van der Waals surface area contributed by atoms with Crippen molar-refractivity contribution in [3.8, 4) is 17.2 Å². The molecule has 0 fully saturated rings. The van der Waals surface area contributed by atoms with Crippen LogP contribution in [0.3, 0.4) is 0 Å². The summed E-state index contributed by atoms with van der Waals surface area (Å²) in [5.74, 6) is 2.32. The number of halogens is 1. The molecule has 0 saturated heterocycles. The number of aromatic nitrogens is 1. The van der Waals surface area contributed by atoms with E-state index in [0.29, 0.717) is 17.3 Å². The zero-order valence-electron chi connectivity index (χ0n) is 17.7. The first kappa shape index (κ1) is 19.5. The molecule has 2 aliphatic heterocycles. The second-order valence-electron chi connectivity index (χ2n) is 8.26. The minimum atomic E-state index is 0.0581. The number of fused-ring (bicyclic) bond motifs is 4. The van der Waals surface area contributed by atoms with Gasteiger partial charge in [0.1, 0.15) is 5.75 Å². The molecule has 0 aliphatic carbocycles. The minimum absolute atomic E-state index is 0.0581. The Morgan fingerprint density at radius 2 is 1.91 bits per heavy atom. The van der Waals surface area contributed by atoms with Crippen molar-refractivity contribution in [3.05, 3.63) is 88.1 Å². The summed E-state index contributed by atoms with van der Waals surface area (Å²) in [5, 5.41) is 2.00. The number of rotatable bonds is 4. The van der Waals surface area contributed by atoms with Crippen LogP contribution in [0.15, 0.2) is 60.7 Å². The summed E-state index contributed by atoms with van der Waals surface area (Å²) in [5.41, 5.74) is 6.02. The second kappa shape index (κ2) is 7.76. The summed E-state index contributed by atoms with van der Waals surface area (Å²) in [6.07, 6.45) is 0.974. The molecule has 6 rings (SSSR count). The van der Waals surface area contributed by atoms with Gasteiger partial charge in [-0.25, -0.2) is 0 Å². The predicted octanol–water partition coefficient (Wildman–Crippen LogP) is 5.71. The van der Waals surface area contributed by atoms with Crippen molar-refractivity contribution in [3.63, 3.8) is 0 Å². The van der Waals surface area contributed by atoms with Crippen molar-refractivity contribution in [1.29, 1.82) is 0 Å². The van der Waals surface area contributed by atoms with Gasteiger partial charge in [-0.1, -0.05) is 41.9 Å². The van der Waals surface area contributed by atoms with E-state index in [0.717, 1.165) is 30.0 Å². The fraction of sp³-hybridized carbons (Fsp3) is 0.231. The Kier molecular flexibility index (Phi) is 4.74. The molecular formula is C26H23ClN2O3. The zero-order chi connectivity index (χ0) is 21.7. The van der Waals surface area contributed by atoms with Crippen LogP contribution in [0.4, 0.5) is 0 Å². The summed E-state index contributed by atoms with van der Waals surface area (Å²) in [4.78, 5) is 6.18. The molecule has 1 aromatic heterocycles. The van der Waals surface area contributed by atoms with Crippen molar-refractivity contribution < 1.29 is 14.2 Å². The molecule has 0 radical (unpaired) electrons. The van der Waals surface area contributed by atoms with Gasteiger partial charge < -0.3 is 19.2 Å². The minimum Gasteiger partial charge on any atom is -0.497 e. The fourth-order valence-electron chi connectivity index (χ4n) is 4.95. The van der Waals surface area contributed by atoms with Crippen LogP contribution in [0.25, 0.3) is 10.9 Å². The number of nitrogens with zero attached hydrogens (tertiary/aromatic N) is 1. The Morgan fingerprint density at radius 1 is 1.06 bits per heavy atom. The highest BCUT2D eigenvalue weighted by molar-refractivity contribution is 6.31. The Balaban J connectivity index is 1.45. The maximum Gasteiger partial charge on any atom is 0.231 e. The molecule has 1 atom stereocenters. The van der Waals surface area contributed by atoms with E-state index in [1.165, 1.54) is 27.7 Å². The molecule has 2 aliphatic rings.